The summed E-state index contributed by atoms with van der Waals surface area (Å²) in [4.78, 5) is 25.3. The lowest BCUT2D eigenvalue weighted by Crippen LogP contribution is -2.53. The van der Waals surface area contributed by atoms with E-state index in [9.17, 15) is 14.0 Å². The molecule has 2 aromatic rings. The third kappa shape index (κ3) is 2.40. The van der Waals surface area contributed by atoms with Crippen molar-refractivity contribution in [2.24, 2.45) is 0 Å². The minimum Gasteiger partial charge on any atom is -0.477 e. The average molecular weight is 361 g/mol. The number of aromatic nitrogens is 1. The molecule has 1 saturated heterocycles. The van der Waals surface area contributed by atoms with Gasteiger partial charge in [-0.2, -0.15) is 0 Å². The van der Waals surface area contributed by atoms with Crippen LogP contribution in [0.3, 0.4) is 0 Å². The number of nitrogens with zero attached hydrogens (tertiary/aromatic N) is 2. The van der Waals surface area contributed by atoms with Gasteiger partial charge in [0.2, 0.25) is 5.43 Å². The summed E-state index contributed by atoms with van der Waals surface area (Å²) < 4.78 is 31.2. The second-order valence-electron chi connectivity index (χ2n) is 6.81. The van der Waals surface area contributed by atoms with Crippen molar-refractivity contribution in [3.8, 4) is 0 Å². The second-order valence-corrected chi connectivity index (χ2v) is 6.81. The van der Waals surface area contributed by atoms with Crippen molar-refractivity contribution in [3.63, 3.8) is 0 Å². The number of hydrogen-bond donors (Lipinski definition) is 2. The maximum Gasteiger partial charge on any atom is 0.341 e. The van der Waals surface area contributed by atoms with Crippen LogP contribution in [0.25, 0.3) is 17.1 Å². The van der Waals surface area contributed by atoms with Gasteiger partial charge < -0.3 is 19.9 Å². The molecule has 1 aliphatic carbocycles. The molecule has 8 heteroatoms. The van der Waals surface area contributed by atoms with Gasteiger partial charge in [0.05, 0.1) is 10.9 Å². The molecule has 1 aromatic carbocycles. The zero-order valence-electron chi connectivity index (χ0n) is 13.9. The molecule has 0 atom stereocenters. The monoisotopic (exact) mass is 361 g/mol. The Labute approximate surface area is 147 Å². The Morgan fingerprint density at radius 2 is 2.12 bits per heavy atom. The summed E-state index contributed by atoms with van der Waals surface area (Å²) in [6, 6.07) is 0.921. The summed E-state index contributed by atoms with van der Waals surface area (Å²) in [6.07, 6.45) is 4.11. The van der Waals surface area contributed by atoms with Gasteiger partial charge >= 0.3 is 5.97 Å². The lowest BCUT2D eigenvalue weighted by atomic mass is 10.1. The summed E-state index contributed by atoms with van der Waals surface area (Å²) in [7, 11) is 0. The van der Waals surface area contributed by atoms with Crippen LogP contribution >= 0.6 is 0 Å². The molecule has 1 spiro atoms. The van der Waals surface area contributed by atoms with Gasteiger partial charge in [0.25, 0.3) is 0 Å². The third-order valence-corrected chi connectivity index (χ3v) is 5.16. The number of halogens is 2. The summed E-state index contributed by atoms with van der Waals surface area (Å²) >= 11 is 0. The number of carboxylic acids is 1. The van der Waals surface area contributed by atoms with Gasteiger partial charge in [-0.1, -0.05) is 6.58 Å². The number of anilines is 1. The van der Waals surface area contributed by atoms with E-state index in [1.165, 1.54) is 6.20 Å². The van der Waals surface area contributed by atoms with Crippen LogP contribution in [-0.4, -0.2) is 40.8 Å². The van der Waals surface area contributed by atoms with Crippen molar-refractivity contribution in [1.29, 1.82) is 0 Å². The smallest absolute Gasteiger partial charge is 0.341 e. The standard InChI is InChI=1S/C18H17F2N3O3/c1-2-22-8-11(17(25)26)16(24)10-7-12(19)15(13(20)14(10)22)23-6-5-21-18(9-23)3-4-18/h2,7-8,21H,1,3-6,9H2,(H,25,26). The molecule has 1 aromatic heterocycles. The van der Waals surface area contributed by atoms with Crippen molar-refractivity contribution in [2.75, 3.05) is 24.5 Å². The second kappa shape index (κ2) is 5.63. The number of hydrogen-bond acceptors (Lipinski definition) is 4. The van der Waals surface area contributed by atoms with Crippen LogP contribution in [0, 0.1) is 11.6 Å². The van der Waals surface area contributed by atoms with E-state index >= 15 is 4.39 Å². The largest absolute Gasteiger partial charge is 0.477 e. The van der Waals surface area contributed by atoms with E-state index in [0.29, 0.717) is 19.6 Å². The molecule has 136 valence electrons. The SMILES string of the molecule is C=Cn1cc(C(=O)O)c(=O)c2cc(F)c(N3CCNC4(CC4)C3)c(F)c21. The highest BCUT2D eigenvalue weighted by Crippen LogP contribution is 2.40. The fourth-order valence-electron chi connectivity index (χ4n) is 3.65. The maximum absolute atomic E-state index is 15.3. The van der Waals surface area contributed by atoms with E-state index in [2.05, 4.69) is 11.9 Å². The Morgan fingerprint density at radius 3 is 2.73 bits per heavy atom. The number of nitrogens with one attached hydrogen (secondary N) is 1. The highest BCUT2D eigenvalue weighted by Gasteiger charge is 2.46. The van der Waals surface area contributed by atoms with Gasteiger partial charge in [-0.25, -0.2) is 13.6 Å². The molecule has 2 fully saturated rings. The Kier molecular flexibility index (Phi) is 3.62. The topological polar surface area (TPSA) is 74.6 Å². The van der Waals surface area contributed by atoms with Crippen LogP contribution in [0.5, 0.6) is 0 Å². The molecule has 0 radical (unpaired) electrons. The van der Waals surface area contributed by atoms with Gasteiger partial charge in [0.1, 0.15) is 17.1 Å². The third-order valence-electron chi connectivity index (χ3n) is 5.16. The number of carbonyl (C=O) groups is 1. The van der Waals surface area contributed by atoms with Crippen molar-refractivity contribution >= 4 is 28.8 Å². The first-order valence-corrected chi connectivity index (χ1v) is 8.29. The molecular weight excluding hydrogens is 344 g/mol. The van der Waals surface area contributed by atoms with Crippen molar-refractivity contribution in [2.45, 2.75) is 18.4 Å². The Bertz CT molecular complexity index is 1010. The molecular formula is C18H17F2N3O3. The van der Waals surface area contributed by atoms with Crippen LogP contribution < -0.4 is 15.6 Å². The van der Waals surface area contributed by atoms with Crippen molar-refractivity contribution in [1.82, 2.24) is 9.88 Å². The van der Waals surface area contributed by atoms with E-state index in [4.69, 9.17) is 5.11 Å². The number of carboxylic acid groups (broad SMARTS) is 1. The van der Waals surface area contributed by atoms with E-state index in [0.717, 1.165) is 29.7 Å². The van der Waals surface area contributed by atoms with E-state index in [1.54, 1.807) is 4.90 Å². The highest BCUT2D eigenvalue weighted by molar-refractivity contribution is 5.94. The minimum atomic E-state index is -1.46. The number of rotatable bonds is 3. The van der Waals surface area contributed by atoms with Gasteiger partial charge in [-0.05, 0) is 18.9 Å². The normalized spacial score (nSPS) is 18.3. The molecule has 0 amide bonds. The van der Waals surface area contributed by atoms with Crippen LogP contribution in [0.1, 0.15) is 23.2 Å². The zero-order valence-corrected chi connectivity index (χ0v) is 13.9. The molecule has 2 aliphatic rings. The van der Waals surface area contributed by atoms with Gasteiger partial charge in [-0.3, -0.25) is 4.79 Å². The summed E-state index contributed by atoms with van der Waals surface area (Å²) in [5, 5.41) is 12.2. The van der Waals surface area contributed by atoms with Crippen LogP contribution in [0.2, 0.25) is 0 Å². The van der Waals surface area contributed by atoms with Gasteiger partial charge in [0.15, 0.2) is 5.82 Å². The molecule has 0 bridgehead atoms. The fourth-order valence-corrected chi connectivity index (χ4v) is 3.65. The average Bonchev–Trinajstić information content (AvgIpc) is 3.34. The van der Waals surface area contributed by atoms with Crippen LogP contribution in [0.4, 0.5) is 14.5 Å². The van der Waals surface area contributed by atoms with E-state index in [1.807, 2.05) is 0 Å². The minimum absolute atomic E-state index is 0.0860. The number of fused-ring (bicyclic) bond motifs is 1. The molecule has 1 saturated carbocycles. The maximum atomic E-state index is 15.3. The summed E-state index contributed by atoms with van der Waals surface area (Å²) in [5.74, 6) is -3.22. The first kappa shape index (κ1) is 16.7. The molecule has 2 heterocycles. The molecule has 2 N–H and O–H groups in total. The first-order chi connectivity index (χ1) is 12.4. The molecule has 0 unspecified atom stereocenters. The number of benzene rings is 1. The highest BCUT2D eigenvalue weighted by atomic mass is 19.1. The van der Waals surface area contributed by atoms with Crippen LogP contribution in [-0.2, 0) is 0 Å². The van der Waals surface area contributed by atoms with Crippen molar-refractivity contribution in [3.05, 3.63) is 46.3 Å². The Balaban J connectivity index is 1.96. The fraction of sp³-hybridized carbons (Fsp3) is 0.333. The summed E-state index contributed by atoms with van der Waals surface area (Å²) in [6.45, 7) is 5.07. The number of piperazine rings is 1. The Hall–Kier alpha value is -2.74. The predicted octanol–water partition coefficient (Wildman–Crippen LogP) is 2.02. The number of pyridine rings is 1. The van der Waals surface area contributed by atoms with Gasteiger partial charge in [-0.15, -0.1) is 0 Å². The lowest BCUT2D eigenvalue weighted by molar-refractivity contribution is 0.0695. The van der Waals surface area contributed by atoms with Crippen LogP contribution in [0.15, 0.2) is 23.6 Å². The molecule has 4 rings (SSSR count). The van der Waals surface area contributed by atoms with E-state index in [-0.39, 0.29) is 22.1 Å². The quantitative estimate of drug-likeness (QED) is 0.875. The predicted molar refractivity (Wildman–Crippen MR) is 93.7 cm³/mol. The first-order valence-electron chi connectivity index (χ1n) is 8.29. The van der Waals surface area contributed by atoms with E-state index < -0.39 is 28.6 Å². The number of aromatic carboxylic acids is 1. The van der Waals surface area contributed by atoms with Gasteiger partial charge in [0, 0.05) is 37.6 Å². The lowest BCUT2D eigenvalue weighted by Gasteiger charge is -2.36. The summed E-state index contributed by atoms with van der Waals surface area (Å²) in [5.41, 5.74) is -1.94. The zero-order chi connectivity index (χ0) is 18.6. The van der Waals surface area contributed by atoms with Crippen molar-refractivity contribution < 1.29 is 18.7 Å². The molecule has 1 aliphatic heterocycles. The Morgan fingerprint density at radius 1 is 1.38 bits per heavy atom. The molecule has 26 heavy (non-hydrogen) atoms. The molecule has 6 nitrogen and oxygen atoms in total.